The number of carbonyl (C=O) groups is 2. The number of aromatic nitrogens is 1. The third-order valence-corrected chi connectivity index (χ3v) is 6.29. The molecule has 158 valence electrons. The van der Waals surface area contributed by atoms with Gasteiger partial charge in [0, 0.05) is 56.4 Å². The lowest BCUT2D eigenvalue weighted by Crippen LogP contribution is -2.54. The number of benzene rings is 1. The number of hydrogen-bond donors (Lipinski definition) is 0. The second kappa shape index (κ2) is 9.33. The Morgan fingerprint density at radius 2 is 1.30 bits per heavy atom. The van der Waals surface area contributed by atoms with Crippen molar-refractivity contribution in [3.05, 3.63) is 63.9 Å². The summed E-state index contributed by atoms with van der Waals surface area (Å²) in [6.07, 6.45) is 1.92. The van der Waals surface area contributed by atoms with E-state index in [1.807, 2.05) is 40.1 Å². The van der Waals surface area contributed by atoms with Crippen LogP contribution in [0.25, 0.3) is 0 Å². The number of halogens is 2. The first kappa shape index (κ1) is 21.1. The maximum Gasteiger partial charge on any atom is 0.254 e. The average molecular weight is 447 g/mol. The molecule has 1 aromatic carbocycles. The molecule has 2 aromatic rings. The van der Waals surface area contributed by atoms with Gasteiger partial charge in [0.15, 0.2) is 0 Å². The van der Waals surface area contributed by atoms with Crippen LogP contribution >= 0.6 is 23.2 Å². The molecular formula is C22H24Cl2N4O2. The van der Waals surface area contributed by atoms with Crippen LogP contribution in [0.15, 0.2) is 42.5 Å². The summed E-state index contributed by atoms with van der Waals surface area (Å²) in [5.41, 5.74) is 1.22. The molecule has 2 aliphatic heterocycles. The summed E-state index contributed by atoms with van der Waals surface area (Å²) in [7, 11) is 0. The Morgan fingerprint density at radius 1 is 0.767 bits per heavy atom. The van der Waals surface area contributed by atoms with Crippen molar-refractivity contribution >= 4 is 35.0 Å². The zero-order valence-electron chi connectivity index (χ0n) is 16.6. The van der Waals surface area contributed by atoms with Crippen molar-refractivity contribution in [1.82, 2.24) is 19.7 Å². The summed E-state index contributed by atoms with van der Waals surface area (Å²) < 4.78 is 0. The lowest BCUT2D eigenvalue weighted by atomic mass is 10.0. The number of pyridine rings is 1. The molecule has 0 aliphatic carbocycles. The summed E-state index contributed by atoms with van der Waals surface area (Å²) in [6.45, 7) is 4.53. The molecule has 2 saturated heterocycles. The van der Waals surface area contributed by atoms with Crippen LogP contribution in [0.3, 0.4) is 0 Å². The van der Waals surface area contributed by atoms with Crippen LogP contribution in [-0.2, 0) is 0 Å². The van der Waals surface area contributed by atoms with E-state index in [1.54, 1.807) is 12.1 Å². The van der Waals surface area contributed by atoms with Gasteiger partial charge in [-0.2, -0.15) is 0 Å². The van der Waals surface area contributed by atoms with Crippen LogP contribution in [0.5, 0.6) is 0 Å². The SMILES string of the molecule is O=C(c1ccccc1)N1CCC(N2CCN(C(=O)c3cc(Cl)nc(Cl)c3)CC2)CC1. The predicted octanol–water partition coefficient (Wildman–Crippen LogP) is 3.45. The molecule has 2 aliphatic rings. The fraction of sp³-hybridized carbons (Fsp3) is 0.409. The minimum absolute atomic E-state index is 0.0656. The van der Waals surface area contributed by atoms with E-state index in [0.29, 0.717) is 24.7 Å². The summed E-state index contributed by atoms with van der Waals surface area (Å²) in [4.78, 5) is 35.5. The summed E-state index contributed by atoms with van der Waals surface area (Å²) >= 11 is 11.9. The Hall–Kier alpha value is -2.15. The number of rotatable bonds is 3. The maximum absolute atomic E-state index is 12.8. The molecule has 8 heteroatoms. The lowest BCUT2D eigenvalue weighted by molar-refractivity contribution is 0.0412. The second-order valence-electron chi connectivity index (χ2n) is 7.72. The third-order valence-electron chi connectivity index (χ3n) is 5.90. The Balaban J connectivity index is 1.28. The minimum atomic E-state index is -0.0656. The second-order valence-corrected chi connectivity index (χ2v) is 8.49. The molecule has 0 atom stereocenters. The Labute approximate surface area is 186 Å². The summed E-state index contributed by atoms with van der Waals surface area (Å²) in [5.74, 6) is 0.0447. The van der Waals surface area contributed by atoms with Gasteiger partial charge in [0.1, 0.15) is 10.3 Å². The zero-order chi connectivity index (χ0) is 21.1. The molecule has 0 N–H and O–H groups in total. The molecule has 0 radical (unpaired) electrons. The largest absolute Gasteiger partial charge is 0.339 e. The number of carbonyl (C=O) groups excluding carboxylic acids is 2. The number of nitrogens with zero attached hydrogens (tertiary/aromatic N) is 4. The Morgan fingerprint density at radius 3 is 1.90 bits per heavy atom. The molecule has 3 heterocycles. The monoisotopic (exact) mass is 446 g/mol. The Kier molecular flexibility index (Phi) is 6.56. The van der Waals surface area contributed by atoms with Crippen molar-refractivity contribution in [3.63, 3.8) is 0 Å². The van der Waals surface area contributed by atoms with Gasteiger partial charge in [-0.15, -0.1) is 0 Å². The smallest absolute Gasteiger partial charge is 0.254 e. The van der Waals surface area contributed by atoms with E-state index in [0.717, 1.165) is 44.6 Å². The van der Waals surface area contributed by atoms with Crippen molar-refractivity contribution in [2.75, 3.05) is 39.3 Å². The maximum atomic E-state index is 12.8. The van der Waals surface area contributed by atoms with Crippen molar-refractivity contribution in [3.8, 4) is 0 Å². The van der Waals surface area contributed by atoms with E-state index in [1.165, 1.54) is 0 Å². The normalized spacial score (nSPS) is 18.5. The summed E-state index contributed by atoms with van der Waals surface area (Å²) in [5, 5.41) is 0.447. The van der Waals surface area contributed by atoms with Crippen LogP contribution < -0.4 is 0 Å². The molecule has 1 aromatic heterocycles. The van der Waals surface area contributed by atoms with E-state index in [2.05, 4.69) is 9.88 Å². The highest BCUT2D eigenvalue weighted by Gasteiger charge is 2.30. The van der Waals surface area contributed by atoms with Crippen molar-refractivity contribution in [2.24, 2.45) is 0 Å². The molecule has 0 bridgehead atoms. The van der Waals surface area contributed by atoms with E-state index in [4.69, 9.17) is 23.2 Å². The van der Waals surface area contributed by atoms with Crippen LogP contribution in [0.1, 0.15) is 33.6 Å². The van der Waals surface area contributed by atoms with Crippen LogP contribution in [-0.4, -0.2) is 76.8 Å². The quantitative estimate of drug-likeness (QED) is 0.677. The fourth-order valence-electron chi connectivity index (χ4n) is 4.26. The van der Waals surface area contributed by atoms with E-state index in [-0.39, 0.29) is 22.1 Å². The van der Waals surface area contributed by atoms with Crippen LogP contribution in [0.2, 0.25) is 10.3 Å². The molecule has 2 amide bonds. The molecule has 0 saturated carbocycles. The lowest BCUT2D eigenvalue weighted by Gasteiger charge is -2.42. The Bertz CT molecular complexity index is 888. The number of amides is 2. The van der Waals surface area contributed by atoms with Crippen molar-refractivity contribution in [1.29, 1.82) is 0 Å². The molecule has 0 unspecified atom stereocenters. The standard InChI is InChI=1S/C22H24Cl2N4O2/c23-19-14-17(15-20(24)25-19)22(30)28-12-10-26(11-13-28)18-6-8-27(9-7-18)21(29)16-4-2-1-3-5-16/h1-5,14-15,18H,6-13H2. The van der Waals surface area contributed by atoms with Crippen molar-refractivity contribution < 1.29 is 9.59 Å². The van der Waals surface area contributed by atoms with E-state index >= 15 is 0 Å². The van der Waals surface area contributed by atoms with Gasteiger partial charge < -0.3 is 9.80 Å². The first-order valence-electron chi connectivity index (χ1n) is 10.2. The zero-order valence-corrected chi connectivity index (χ0v) is 18.1. The minimum Gasteiger partial charge on any atom is -0.339 e. The number of piperazine rings is 1. The molecule has 0 spiro atoms. The molecule has 4 rings (SSSR count). The van der Waals surface area contributed by atoms with Crippen LogP contribution in [0, 0.1) is 0 Å². The van der Waals surface area contributed by atoms with Crippen LogP contribution in [0.4, 0.5) is 0 Å². The van der Waals surface area contributed by atoms with Gasteiger partial charge in [-0.05, 0) is 37.1 Å². The fourth-order valence-corrected chi connectivity index (χ4v) is 4.72. The first-order chi connectivity index (χ1) is 14.5. The van der Waals surface area contributed by atoms with Gasteiger partial charge in [-0.25, -0.2) is 4.98 Å². The number of piperidine rings is 1. The highest BCUT2D eigenvalue weighted by Crippen LogP contribution is 2.21. The van der Waals surface area contributed by atoms with E-state index < -0.39 is 0 Å². The van der Waals surface area contributed by atoms with Gasteiger partial charge in [0.25, 0.3) is 11.8 Å². The van der Waals surface area contributed by atoms with Crippen molar-refractivity contribution in [2.45, 2.75) is 18.9 Å². The predicted molar refractivity (Wildman–Crippen MR) is 117 cm³/mol. The topological polar surface area (TPSA) is 56.8 Å². The highest BCUT2D eigenvalue weighted by molar-refractivity contribution is 6.33. The summed E-state index contributed by atoms with van der Waals surface area (Å²) in [6, 6.07) is 13.0. The molecule has 2 fully saturated rings. The molecule has 6 nitrogen and oxygen atoms in total. The van der Waals surface area contributed by atoms with Gasteiger partial charge in [-0.3, -0.25) is 14.5 Å². The number of hydrogen-bond acceptors (Lipinski definition) is 4. The first-order valence-corrected chi connectivity index (χ1v) is 11.0. The number of likely N-dealkylation sites (tertiary alicyclic amines) is 1. The molecule has 30 heavy (non-hydrogen) atoms. The van der Waals surface area contributed by atoms with Gasteiger partial charge in [-0.1, -0.05) is 41.4 Å². The van der Waals surface area contributed by atoms with E-state index in [9.17, 15) is 9.59 Å². The average Bonchev–Trinajstić information content (AvgIpc) is 2.78. The van der Waals surface area contributed by atoms with Gasteiger partial charge >= 0.3 is 0 Å². The van der Waals surface area contributed by atoms with Gasteiger partial charge in [0.05, 0.1) is 0 Å². The highest BCUT2D eigenvalue weighted by atomic mass is 35.5. The third kappa shape index (κ3) is 4.77. The van der Waals surface area contributed by atoms with Gasteiger partial charge in [0.2, 0.25) is 0 Å². The molecular weight excluding hydrogens is 423 g/mol.